The molecule has 16 aliphatic carbocycles. The Balaban J connectivity index is 0.000000104. The minimum absolute atomic E-state index is 0.0000147. The fourth-order valence-corrected chi connectivity index (χ4v) is 29.1. The molecule has 7 heteroatoms. The van der Waals surface area contributed by atoms with Gasteiger partial charge < -0.3 is 35.7 Å². The van der Waals surface area contributed by atoms with Crippen molar-refractivity contribution in [1.82, 2.24) is 0 Å². The van der Waals surface area contributed by atoms with Gasteiger partial charge in [-0.2, -0.15) is 0 Å². The average Bonchev–Trinajstić information content (AvgIpc) is 1.87. The number of rotatable bonds is 0. The van der Waals surface area contributed by atoms with Gasteiger partial charge in [-0.3, -0.25) is 0 Å². The molecule has 0 amide bonds. The normalized spacial score (nSPS) is 60.0. The van der Waals surface area contributed by atoms with Crippen molar-refractivity contribution < 1.29 is 35.7 Å². The summed E-state index contributed by atoms with van der Waals surface area (Å²) in [6.07, 6.45) is 44.3. The monoisotopic (exact) mass is 1170 g/mol. The zero-order valence-electron chi connectivity index (χ0n) is 55.4. The second-order valence-corrected chi connectivity index (χ2v) is 37.3. The van der Waals surface area contributed by atoms with E-state index in [2.05, 4.69) is 62.3 Å². The Hall–Kier alpha value is -0.280. The molecule has 16 rings (SSSR count). The average molecular weight is 1170 g/mol. The minimum atomic E-state index is -0.0536. The van der Waals surface area contributed by atoms with Gasteiger partial charge in [0.25, 0.3) is 0 Å². The van der Waals surface area contributed by atoms with Crippen molar-refractivity contribution in [2.75, 3.05) is 0 Å². The molecular formula is C77H130O7. The van der Waals surface area contributed by atoms with Crippen LogP contribution in [0.25, 0.3) is 0 Å². The lowest BCUT2D eigenvalue weighted by Gasteiger charge is -2.60. The van der Waals surface area contributed by atoms with E-state index in [1.165, 1.54) is 161 Å². The Morgan fingerprint density at radius 3 is 0.702 bits per heavy atom. The van der Waals surface area contributed by atoms with Gasteiger partial charge in [-0.25, -0.2) is 0 Å². The van der Waals surface area contributed by atoms with Gasteiger partial charge in [0.1, 0.15) is 0 Å². The molecule has 84 heavy (non-hydrogen) atoms. The summed E-state index contributed by atoms with van der Waals surface area (Å²) in [4.78, 5) is 0. The second-order valence-electron chi connectivity index (χ2n) is 37.3. The molecule has 480 valence electrons. The van der Waals surface area contributed by atoms with Crippen molar-refractivity contribution in [3.05, 3.63) is 0 Å². The number of hydrogen-bond donors (Lipinski definition) is 7. The van der Waals surface area contributed by atoms with Crippen molar-refractivity contribution >= 4 is 0 Å². The number of fused-ring (bicyclic) bond motifs is 20. The number of aliphatic hydroxyl groups excluding tert-OH is 7. The van der Waals surface area contributed by atoms with Gasteiger partial charge >= 0.3 is 0 Å². The van der Waals surface area contributed by atoms with Gasteiger partial charge in [-0.15, -0.1) is 0 Å². The van der Waals surface area contributed by atoms with Gasteiger partial charge in [0, 0.05) is 0 Å². The summed E-state index contributed by atoms with van der Waals surface area (Å²) >= 11 is 0. The van der Waals surface area contributed by atoms with Crippen molar-refractivity contribution in [1.29, 1.82) is 0 Å². The first-order chi connectivity index (χ1) is 39.8. The number of hydrogen-bond acceptors (Lipinski definition) is 7. The van der Waals surface area contributed by atoms with Crippen LogP contribution in [0, 0.1) is 144 Å². The van der Waals surface area contributed by atoms with Crippen LogP contribution in [0.1, 0.15) is 293 Å². The Bertz CT molecular complexity index is 2000. The SMILES string of the molecule is C[C@H]1CC[C@H]2[C@@H]3CC[C@@H]4C[C@@H](O)CC[C@]4(C)[C@H]3CC[C@]12C.C[C@]12CC[C@@H](O)C[C@H]1CC[C@@H]1[C@@H]2CC[C@]2(C)[C@@H](O)CC[C@@H]12.C[C@]12CC[C@H](O)C[C@@H]1CC[C@@H]1[C@@H]2CC[C@]2(C)[C@@H](O)CC[C@@H]12.C[C@]12CC[C@H]3[C@@H](CCC4C[C@H](O)CC[C@@]43C)[C@@H]1CC[C@@H]2O. The van der Waals surface area contributed by atoms with Gasteiger partial charge in [0.15, 0.2) is 0 Å². The van der Waals surface area contributed by atoms with Crippen molar-refractivity contribution in [3.63, 3.8) is 0 Å². The lowest BCUT2D eigenvalue weighted by Crippen LogP contribution is -2.54. The standard InChI is InChI=1S/C20H34O.3C19H32O2/c1-13-4-7-17-16-6-5-14-12-15(21)8-10-20(14,3)18(16)9-11-19(13,17)2;3*1-18-9-7-13(20)11-12(18)3-4-14-15-5-6-17(21)19(15,2)10-8-16(14)18/h13-18,21H,4-12H2,1-3H3;3*12-17,20-21H,3-11H2,1-2H3/t13-,14+,15-,16-,17-,18-,19+,20-;12?,13-,14+,15+,16+,17+,18+,19+;12-,13-,14+,15+,16+,17+,18+,19+;12-,13-,14-,15-,16-,17-,18-,19-/m0110/s1. The lowest BCUT2D eigenvalue weighted by molar-refractivity contribution is -0.133. The topological polar surface area (TPSA) is 142 Å². The Kier molecular flexibility index (Phi) is 17.0. The maximum atomic E-state index is 10.5. The third-order valence-corrected chi connectivity index (χ3v) is 34.9. The molecule has 32 atom stereocenters. The molecule has 0 spiro atoms. The van der Waals surface area contributed by atoms with E-state index in [1.54, 1.807) is 0 Å². The summed E-state index contributed by atoms with van der Waals surface area (Å²) < 4.78 is 0. The van der Waals surface area contributed by atoms with E-state index in [1.807, 2.05) is 0 Å². The van der Waals surface area contributed by atoms with Gasteiger partial charge in [-0.1, -0.05) is 62.3 Å². The van der Waals surface area contributed by atoms with Crippen molar-refractivity contribution in [3.8, 4) is 0 Å². The molecule has 0 aromatic heterocycles. The smallest absolute Gasteiger partial charge is 0.0596 e. The van der Waals surface area contributed by atoms with Crippen LogP contribution >= 0.6 is 0 Å². The van der Waals surface area contributed by atoms with Crippen LogP contribution in [0.3, 0.4) is 0 Å². The number of aliphatic hydroxyl groups is 7. The predicted molar refractivity (Wildman–Crippen MR) is 338 cm³/mol. The van der Waals surface area contributed by atoms with Crippen LogP contribution in [0.5, 0.6) is 0 Å². The van der Waals surface area contributed by atoms with E-state index in [4.69, 9.17) is 0 Å². The molecule has 0 radical (unpaired) electrons. The fourth-order valence-electron chi connectivity index (χ4n) is 29.1. The molecule has 0 bridgehead atoms. The van der Waals surface area contributed by atoms with Gasteiger partial charge in [-0.05, 0) is 375 Å². The summed E-state index contributed by atoms with van der Waals surface area (Å²) in [7, 11) is 0. The molecule has 7 nitrogen and oxygen atoms in total. The first kappa shape index (κ1) is 62.5. The van der Waals surface area contributed by atoms with E-state index in [9.17, 15) is 35.7 Å². The minimum Gasteiger partial charge on any atom is -0.393 e. The highest BCUT2D eigenvalue weighted by Crippen LogP contribution is 2.71. The van der Waals surface area contributed by atoms with Crippen LogP contribution < -0.4 is 0 Å². The summed E-state index contributed by atoms with van der Waals surface area (Å²) in [5.74, 6) is 14.4. The van der Waals surface area contributed by atoms with E-state index < -0.39 is 0 Å². The Morgan fingerprint density at radius 2 is 0.429 bits per heavy atom. The summed E-state index contributed by atoms with van der Waals surface area (Å²) in [5.41, 5.74) is 3.23. The quantitative estimate of drug-likeness (QED) is 0.128. The van der Waals surface area contributed by atoms with E-state index in [0.717, 1.165) is 171 Å². The summed E-state index contributed by atoms with van der Waals surface area (Å²) in [5, 5.41) is 71.7. The summed E-state index contributed by atoms with van der Waals surface area (Å²) in [6, 6.07) is 0. The van der Waals surface area contributed by atoms with Crippen LogP contribution in [0.4, 0.5) is 0 Å². The third kappa shape index (κ3) is 9.92. The highest BCUT2D eigenvalue weighted by atomic mass is 16.3. The second kappa shape index (κ2) is 22.8. The predicted octanol–water partition coefficient (Wildman–Crippen LogP) is 16.3. The van der Waals surface area contributed by atoms with Crippen LogP contribution in [-0.4, -0.2) is 78.5 Å². The maximum Gasteiger partial charge on any atom is 0.0596 e. The first-order valence-corrected chi connectivity index (χ1v) is 37.6. The maximum absolute atomic E-state index is 10.5. The zero-order valence-corrected chi connectivity index (χ0v) is 55.4. The molecule has 0 aromatic carbocycles. The summed E-state index contributed by atoms with van der Waals surface area (Å²) in [6.45, 7) is 22.4. The molecule has 16 saturated carbocycles. The molecule has 0 aliphatic heterocycles. The third-order valence-electron chi connectivity index (χ3n) is 34.9. The van der Waals surface area contributed by atoms with Crippen LogP contribution in [-0.2, 0) is 0 Å². The highest BCUT2D eigenvalue weighted by molar-refractivity contribution is 5.14. The molecule has 0 saturated heterocycles. The highest BCUT2D eigenvalue weighted by Gasteiger charge is 2.65. The van der Waals surface area contributed by atoms with E-state index >= 15 is 0 Å². The molecule has 0 heterocycles. The van der Waals surface area contributed by atoms with Gasteiger partial charge in [0.05, 0.1) is 42.7 Å². The molecule has 1 unspecified atom stereocenters. The lowest BCUT2D eigenvalue weighted by atomic mass is 9.45. The van der Waals surface area contributed by atoms with E-state index in [-0.39, 0.29) is 59.0 Å². The largest absolute Gasteiger partial charge is 0.393 e. The fraction of sp³-hybridized carbons (Fsp3) is 1.00. The molecule has 7 N–H and O–H groups in total. The zero-order chi connectivity index (χ0) is 59.3. The van der Waals surface area contributed by atoms with Crippen molar-refractivity contribution in [2.45, 2.75) is 336 Å². The molecule has 16 aliphatic rings. The Morgan fingerprint density at radius 1 is 0.214 bits per heavy atom. The molecule has 16 fully saturated rings. The van der Waals surface area contributed by atoms with Crippen molar-refractivity contribution in [2.24, 2.45) is 144 Å². The molecule has 0 aromatic rings. The first-order valence-electron chi connectivity index (χ1n) is 37.6. The van der Waals surface area contributed by atoms with Gasteiger partial charge in [0.2, 0.25) is 0 Å². The van der Waals surface area contributed by atoms with Crippen LogP contribution in [0.15, 0.2) is 0 Å². The van der Waals surface area contributed by atoms with E-state index in [0.29, 0.717) is 27.1 Å². The van der Waals surface area contributed by atoms with Crippen LogP contribution in [0.2, 0.25) is 0 Å². The molecular weight excluding hydrogens is 1040 g/mol. The Labute approximate surface area is 513 Å².